The first-order valence-electron chi connectivity index (χ1n) is 5.70. The lowest BCUT2D eigenvalue weighted by atomic mass is 10.1. The quantitative estimate of drug-likeness (QED) is 0.840. The summed E-state index contributed by atoms with van der Waals surface area (Å²) in [5.41, 5.74) is 2.41. The minimum absolute atomic E-state index is 0.127. The highest BCUT2D eigenvalue weighted by Gasteiger charge is 2.12. The van der Waals surface area contributed by atoms with Gasteiger partial charge in [0.2, 0.25) is 0 Å². The molecule has 1 aromatic rings. The third-order valence-corrected chi connectivity index (χ3v) is 4.35. The molecule has 0 saturated carbocycles. The van der Waals surface area contributed by atoms with Crippen LogP contribution in [0.1, 0.15) is 11.1 Å². The maximum Gasteiger partial charge on any atom is 0.0624 e. The fraction of sp³-hybridized carbons (Fsp3) is 0.538. The highest BCUT2D eigenvalue weighted by atomic mass is 32.2. The van der Waals surface area contributed by atoms with Crippen LogP contribution in [0.4, 0.5) is 0 Å². The molecule has 0 saturated heterocycles. The number of hydrogen-bond donors (Lipinski definition) is 1. The van der Waals surface area contributed by atoms with Gasteiger partial charge >= 0.3 is 0 Å². The van der Waals surface area contributed by atoms with Crippen molar-refractivity contribution >= 4 is 10.8 Å². The summed E-state index contributed by atoms with van der Waals surface area (Å²) >= 11 is 0. The van der Waals surface area contributed by atoms with Crippen molar-refractivity contribution in [3.63, 3.8) is 0 Å². The van der Waals surface area contributed by atoms with Crippen LogP contribution in [0, 0.1) is 13.8 Å². The molecule has 0 aliphatic heterocycles. The van der Waals surface area contributed by atoms with Gasteiger partial charge in [0.05, 0.1) is 17.4 Å². The Morgan fingerprint density at radius 2 is 2.06 bits per heavy atom. The molecule has 1 rings (SSSR count). The first-order valence-corrected chi connectivity index (χ1v) is 7.02. The lowest BCUT2D eigenvalue weighted by Gasteiger charge is -2.14. The van der Waals surface area contributed by atoms with Crippen molar-refractivity contribution in [2.75, 3.05) is 26.5 Å². The van der Waals surface area contributed by atoms with E-state index in [-0.39, 0.29) is 6.04 Å². The number of aryl methyl sites for hydroxylation is 2. The molecule has 4 heteroatoms. The topological polar surface area (TPSA) is 38.3 Å². The van der Waals surface area contributed by atoms with Crippen molar-refractivity contribution in [1.82, 2.24) is 5.32 Å². The van der Waals surface area contributed by atoms with Gasteiger partial charge in [-0.2, -0.15) is 0 Å². The zero-order valence-corrected chi connectivity index (χ0v) is 11.8. The van der Waals surface area contributed by atoms with Crippen LogP contribution < -0.4 is 5.32 Å². The fourth-order valence-electron chi connectivity index (χ4n) is 1.55. The van der Waals surface area contributed by atoms with E-state index in [2.05, 4.69) is 12.2 Å². The Bertz CT molecular complexity index is 393. The third-order valence-electron chi connectivity index (χ3n) is 2.87. The van der Waals surface area contributed by atoms with Crippen LogP contribution in [0.25, 0.3) is 0 Å². The summed E-state index contributed by atoms with van der Waals surface area (Å²) in [5.74, 6) is 0.576. The van der Waals surface area contributed by atoms with Gasteiger partial charge in [-0.25, -0.2) is 0 Å². The van der Waals surface area contributed by atoms with Crippen molar-refractivity contribution < 1.29 is 8.95 Å². The Kier molecular flexibility index (Phi) is 5.82. The zero-order chi connectivity index (χ0) is 12.8. The lowest BCUT2D eigenvalue weighted by molar-refractivity contribution is 0.176. The molecule has 17 heavy (non-hydrogen) atoms. The maximum absolute atomic E-state index is 12.2. The molecule has 0 amide bonds. The molecule has 0 aliphatic carbocycles. The van der Waals surface area contributed by atoms with E-state index >= 15 is 0 Å². The van der Waals surface area contributed by atoms with Crippen molar-refractivity contribution in [1.29, 1.82) is 0 Å². The molecule has 0 heterocycles. The number of methoxy groups -OCH3 is 1. The van der Waals surface area contributed by atoms with E-state index in [1.807, 2.05) is 32.2 Å². The molecule has 0 bridgehead atoms. The van der Waals surface area contributed by atoms with E-state index in [4.69, 9.17) is 4.74 Å². The Hall–Kier alpha value is -0.710. The van der Waals surface area contributed by atoms with Gasteiger partial charge in [-0.05, 0) is 44.2 Å². The van der Waals surface area contributed by atoms with Crippen LogP contribution in [0.15, 0.2) is 23.1 Å². The number of hydrogen-bond acceptors (Lipinski definition) is 3. The molecule has 0 aromatic heterocycles. The van der Waals surface area contributed by atoms with Crippen molar-refractivity contribution in [3.8, 4) is 0 Å². The minimum atomic E-state index is -0.976. The van der Waals surface area contributed by atoms with Gasteiger partial charge in [-0.3, -0.25) is 4.21 Å². The molecule has 1 aromatic carbocycles. The Balaban J connectivity index is 2.72. The molecule has 0 fully saturated rings. The van der Waals surface area contributed by atoms with Gasteiger partial charge in [-0.1, -0.05) is 6.07 Å². The first kappa shape index (κ1) is 14.4. The van der Waals surface area contributed by atoms with Gasteiger partial charge in [0.1, 0.15) is 0 Å². The highest BCUT2D eigenvalue weighted by molar-refractivity contribution is 7.85. The normalized spacial score (nSPS) is 14.6. The standard InChI is InChI=1S/C13H21NO2S/c1-10-5-6-13(7-11(10)2)17(15)9-12(14-3)8-16-4/h5-7,12,14H,8-9H2,1-4H3. The lowest BCUT2D eigenvalue weighted by Crippen LogP contribution is -2.35. The molecule has 2 atom stereocenters. The van der Waals surface area contributed by atoms with E-state index in [0.717, 1.165) is 4.90 Å². The zero-order valence-electron chi connectivity index (χ0n) is 10.9. The third kappa shape index (κ3) is 4.22. The van der Waals surface area contributed by atoms with Gasteiger partial charge in [0.25, 0.3) is 0 Å². The van der Waals surface area contributed by atoms with E-state index < -0.39 is 10.8 Å². The van der Waals surface area contributed by atoms with E-state index in [1.54, 1.807) is 7.11 Å². The molecule has 1 N–H and O–H groups in total. The molecular weight excluding hydrogens is 234 g/mol. The van der Waals surface area contributed by atoms with E-state index in [0.29, 0.717) is 12.4 Å². The summed E-state index contributed by atoms with van der Waals surface area (Å²) in [6.45, 7) is 4.68. The largest absolute Gasteiger partial charge is 0.383 e. The summed E-state index contributed by atoms with van der Waals surface area (Å²) in [6.07, 6.45) is 0. The van der Waals surface area contributed by atoms with Crippen LogP contribution in [0.3, 0.4) is 0 Å². The summed E-state index contributed by atoms with van der Waals surface area (Å²) < 4.78 is 17.2. The SMILES string of the molecule is CNC(COC)CS(=O)c1ccc(C)c(C)c1. The fourth-order valence-corrected chi connectivity index (χ4v) is 2.90. The molecule has 96 valence electrons. The average Bonchev–Trinajstić information content (AvgIpc) is 2.31. The molecule has 3 nitrogen and oxygen atoms in total. The summed E-state index contributed by atoms with van der Waals surface area (Å²) in [6, 6.07) is 6.10. The second kappa shape index (κ2) is 6.89. The molecular formula is C13H21NO2S. The van der Waals surface area contributed by atoms with Crippen LogP contribution >= 0.6 is 0 Å². The number of rotatable bonds is 6. The predicted octanol–water partition coefficient (Wildman–Crippen LogP) is 1.65. The Morgan fingerprint density at radius 3 is 2.59 bits per heavy atom. The van der Waals surface area contributed by atoms with Crippen molar-refractivity contribution in [2.24, 2.45) is 0 Å². The Morgan fingerprint density at radius 1 is 1.35 bits per heavy atom. The van der Waals surface area contributed by atoms with Crippen molar-refractivity contribution in [2.45, 2.75) is 24.8 Å². The minimum Gasteiger partial charge on any atom is -0.383 e. The second-order valence-corrected chi connectivity index (χ2v) is 5.69. The van der Waals surface area contributed by atoms with Crippen LogP contribution in [0.2, 0.25) is 0 Å². The number of likely N-dealkylation sites (N-methyl/N-ethyl adjacent to an activating group) is 1. The van der Waals surface area contributed by atoms with Crippen LogP contribution in [-0.2, 0) is 15.5 Å². The van der Waals surface area contributed by atoms with E-state index in [9.17, 15) is 4.21 Å². The number of benzene rings is 1. The maximum atomic E-state index is 12.2. The van der Waals surface area contributed by atoms with Gasteiger partial charge in [0, 0.05) is 23.8 Å². The molecule has 0 radical (unpaired) electrons. The number of nitrogens with one attached hydrogen (secondary N) is 1. The molecule has 2 unspecified atom stereocenters. The van der Waals surface area contributed by atoms with Gasteiger partial charge in [-0.15, -0.1) is 0 Å². The summed E-state index contributed by atoms with van der Waals surface area (Å²) in [5, 5.41) is 3.11. The monoisotopic (exact) mass is 255 g/mol. The van der Waals surface area contributed by atoms with E-state index in [1.165, 1.54) is 11.1 Å². The Labute approximate surface area is 106 Å². The smallest absolute Gasteiger partial charge is 0.0624 e. The average molecular weight is 255 g/mol. The summed E-state index contributed by atoms with van der Waals surface area (Å²) in [4.78, 5) is 0.893. The van der Waals surface area contributed by atoms with Crippen molar-refractivity contribution in [3.05, 3.63) is 29.3 Å². The van der Waals surface area contributed by atoms with Crippen LogP contribution in [-0.4, -0.2) is 36.8 Å². The number of ether oxygens (including phenoxy) is 1. The molecule has 0 spiro atoms. The van der Waals surface area contributed by atoms with Gasteiger partial charge < -0.3 is 10.1 Å². The second-order valence-electron chi connectivity index (χ2n) is 4.20. The molecule has 0 aliphatic rings. The predicted molar refractivity (Wildman–Crippen MR) is 71.9 cm³/mol. The van der Waals surface area contributed by atoms with Gasteiger partial charge in [0.15, 0.2) is 0 Å². The van der Waals surface area contributed by atoms with Crippen LogP contribution in [0.5, 0.6) is 0 Å². The highest BCUT2D eigenvalue weighted by Crippen LogP contribution is 2.14. The first-order chi connectivity index (χ1) is 8.08. The summed E-state index contributed by atoms with van der Waals surface area (Å²) in [7, 11) is 2.54.